The van der Waals surface area contributed by atoms with Crippen molar-refractivity contribution in [2.75, 3.05) is 20.1 Å². The average Bonchev–Trinajstić information content (AvgIpc) is 2.36. The monoisotopic (exact) mass is 239 g/mol. The lowest BCUT2D eigenvalue weighted by Crippen LogP contribution is -2.57. The molecule has 1 aliphatic heterocycles. The van der Waals surface area contributed by atoms with E-state index >= 15 is 0 Å². The molecule has 17 heavy (non-hydrogen) atoms. The molecule has 1 aliphatic rings. The molecule has 0 aromatic heterocycles. The first-order valence-electron chi connectivity index (χ1n) is 6.57. The van der Waals surface area contributed by atoms with Gasteiger partial charge in [-0.3, -0.25) is 4.90 Å². The third kappa shape index (κ3) is 4.22. The van der Waals surface area contributed by atoms with Crippen LogP contribution in [0.3, 0.4) is 0 Å². The van der Waals surface area contributed by atoms with E-state index < -0.39 is 0 Å². The van der Waals surface area contributed by atoms with Crippen molar-refractivity contribution in [2.24, 2.45) is 0 Å². The molecule has 98 valence electrons. The van der Waals surface area contributed by atoms with Gasteiger partial charge in [-0.25, -0.2) is 10.4 Å². The predicted octanol–water partition coefficient (Wildman–Crippen LogP) is 1.40. The standard InChI is InChI=1S/C13H25N3O/c1-4-6-9-15(3)13-8-7-12(5-2)16(14-13)10-11-17/h7-8,11-14H,4-6,9-10H2,1-3H3. The first kappa shape index (κ1) is 14.4. The van der Waals surface area contributed by atoms with Crippen molar-refractivity contribution < 1.29 is 4.79 Å². The van der Waals surface area contributed by atoms with Crippen LogP contribution < -0.4 is 5.43 Å². The van der Waals surface area contributed by atoms with Gasteiger partial charge < -0.3 is 4.79 Å². The van der Waals surface area contributed by atoms with Crippen molar-refractivity contribution in [1.82, 2.24) is 15.3 Å². The molecule has 2 unspecified atom stereocenters. The molecular formula is C13H25N3O. The minimum Gasteiger partial charge on any atom is -0.302 e. The lowest BCUT2D eigenvalue weighted by Gasteiger charge is -2.38. The van der Waals surface area contributed by atoms with Crippen LogP contribution in [-0.2, 0) is 4.79 Å². The summed E-state index contributed by atoms with van der Waals surface area (Å²) in [5.74, 6) is 0. The Morgan fingerprint density at radius 3 is 2.76 bits per heavy atom. The van der Waals surface area contributed by atoms with Crippen LogP contribution in [0.25, 0.3) is 0 Å². The lowest BCUT2D eigenvalue weighted by atomic mass is 10.1. The number of aldehydes is 1. The van der Waals surface area contributed by atoms with Crippen molar-refractivity contribution in [3.05, 3.63) is 12.2 Å². The average molecular weight is 239 g/mol. The van der Waals surface area contributed by atoms with Crippen LogP contribution in [-0.4, -0.2) is 48.5 Å². The summed E-state index contributed by atoms with van der Waals surface area (Å²) in [5, 5.41) is 2.03. The molecule has 4 nitrogen and oxygen atoms in total. The summed E-state index contributed by atoms with van der Waals surface area (Å²) < 4.78 is 0. The van der Waals surface area contributed by atoms with Crippen LogP contribution in [0.15, 0.2) is 12.2 Å². The predicted molar refractivity (Wildman–Crippen MR) is 70.5 cm³/mol. The zero-order chi connectivity index (χ0) is 12.7. The van der Waals surface area contributed by atoms with E-state index in [0.717, 1.165) is 19.3 Å². The number of nitrogens with zero attached hydrogens (tertiary/aromatic N) is 2. The largest absolute Gasteiger partial charge is 0.302 e. The summed E-state index contributed by atoms with van der Waals surface area (Å²) >= 11 is 0. The number of likely N-dealkylation sites (N-methyl/N-ethyl adjacent to an activating group) is 1. The Morgan fingerprint density at radius 2 is 2.18 bits per heavy atom. The number of nitrogens with one attached hydrogen (secondary N) is 1. The van der Waals surface area contributed by atoms with Crippen molar-refractivity contribution in [1.29, 1.82) is 0 Å². The second-order valence-corrected chi connectivity index (χ2v) is 4.59. The minimum atomic E-state index is 0.212. The molecule has 0 fully saturated rings. The molecule has 0 aliphatic carbocycles. The number of carbonyl (C=O) groups excluding carboxylic acids is 1. The lowest BCUT2D eigenvalue weighted by molar-refractivity contribution is -0.110. The summed E-state index contributed by atoms with van der Waals surface area (Å²) in [7, 11) is 2.11. The van der Waals surface area contributed by atoms with Gasteiger partial charge in [0.1, 0.15) is 6.29 Å². The van der Waals surface area contributed by atoms with Gasteiger partial charge >= 0.3 is 0 Å². The van der Waals surface area contributed by atoms with E-state index in [2.05, 4.69) is 43.4 Å². The molecule has 0 aromatic rings. The topological polar surface area (TPSA) is 35.6 Å². The van der Waals surface area contributed by atoms with Gasteiger partial charge in [0, 0.05) is 6.04 Å². The van der Waals surface area contributed by atoms with E-state index in [1.807, 2.05) is 5.01 Å². The van der Waals surface area contributed by atoms with Gasteiger partial charge in [0.2, 0.25) is 0 Å². The maximum absolute atomic E-state index is 10.7. The van der Waals surface area contributed by atoms with Gasteiger partial charge in [-0.05, 0) is 26.4 Å². The third-order valence-corrected chi connectivity index (χ3v) is 3.24. The van der Waals surface area contributed by atoms with Crippen LogP contribution in [0.5, 0.6) is 0 Å². The van der Waals surface area contributed by atoms with Crippen LogP contribution in [0, 0.1) is 0 Å². The van der Waals surface area contributed by atoms with E-state index in [1.54, 1.807) is 0 Å². The molecule has 0 saturated carbocycles. The second kappa shape index (κ2) is 7.58. The van der Waals surface area contributed by atoms with Gasteiger partial charge in [0.15, 0.2) is 0 Å². The Hall–Kier alpha value is -0.710. The molecule has 0 amide bonds. The number of unbranched alkanes of at least 4 members (excludes halogenated alkanes) is 1. The highest BCUT2D eigenvalue weighted by molar-refractivity contribution is 5.52. The van der Waals surface area contributed by atoms with E-state index in [4.69, 9.17) is 0 Å². The molecule has 0 aromatic carbocycles. The Labute approximate surface area is 105 Å². The van der Waals surface area contributed by atoms with Gasteiger partial charge in [-0.2, -0.15) is 0 Å². The van der Waals surface area contributed by atoms with E-state index in [9.17, 15) is 4.79 Å². The highest BCUT2D eigenvalue weighted by atomic mass is 16.1. The zero-order valence-corrected chi connectivity index (χ0v) is 11.2. The number of hydrazine groups is 1. The SMILES string of the molecule is CCCCN(C)C1C=CC(CC)N(CC=O)N1. The number of carbonyl (C=O) groups is 1. The Balaban J connectivity index is 2.55. The van der Waals surface area contributed by atoms with Crippen molar-refractivity contribution >= 4 is 6.29 Å². The third-order valence-electron chi connectivity index (χ3n) is 3.24. The number of rotatable bonds is 7. The normalized spacial score (nSPS) is 25.4. The Kier molecular flexibility index (Phi) is 6.40. The molecule has 0 bridgehead atoms. The van der Waals surface area contributed by atoms with Gasteiger partial charge in [-0.15, -0.1) is 0 Å². The molecule has 1 rings (SSSR count). The Morgan fingerprint density at radius 1 is 1.41 bits per heavy atom. The summed E-state index contributed by atoms with van der Waals surface area (Å²) in [6.45, 7) is 5.85. The fraction of sp³-hybridized carbons (Fsp3) is 0.769. The van der Waals surface area contributed by atoms with Gasteiger partial charge in [-0.1, -0.05) is 32.4 Å². The highest BCUT2D eigenvalue weighted by Gasteiger charge is 2.23. The van der Waals surface area contributed by atoms with E-state index in [1.165, 1.54) is 12.8 Å². The van der Waals surface area contributed by atoms with Crippen LogP contribution in [0.4, 0.5) is 0 Å². The summed E-state index contributed by atoms with van der Waals surface area (Å²) in [6.07, 6.45) is 8.99. The fourth-order valence-electron chi connectivity index (χ4n) is 2.06. The van der Waals surface area contributed by atoms with Gasteiger partial charge in [0.05, 0.1) is 12.7 Å². The molecule has 0 saturated heterocycles. The minimum absolute atomic E-state index is 0.212. The summed E-state index contributed by atoms with van der Waals surface area (Å²) in [6, 6.07) is 0.330. The van der Waals surface area contributed by atoms with Gasteiger partial charge in [0.25, 0.3) is 0 Å². The highest BCUT2D eigenvalue weighted by Crippen LogP contribution is 2.11. The maximum Gasteiger partial charge on any atom is 0.135 e. The summed E-state index contributed by atoms with van der Waals surface area (Å²) in [5.41, 5.74) is 3.41. The molecule has 2 atom stereocenters. The van der Waals surface area contributed by atoms with Crippen LogP contribution >= 0.6 is 0 Å². The fourth-order valence-corrected chi connectivity index (χ4v) is 2.06. The van der Waals surface area contributed by atoms with Crippen LogP contribution in [0.2, 0.25) is 0 Å². The summed E-state index contributed by atoms with van der Waals surface area (Å²) in [4.78, 5) is 12.9. The molecule has 1 N–H and O–H groups in total. The number of hydrogen-bond donors (Lipinski definition) is 1. The van der Waals surface area contributed by atoms with Crippen molar-refractivity contribution in [2.45, 2.75) is 45.3 Å². The quantitative estimate of drug-likeness (QED) is 0.538. The molecule has 4 heteroatoms. The molecule has 0 spiro atoms. The maximum atomic E-state index is 10.7. The first-order valence-corrected chi connectivity index (χ1v) is 6.57. The molecule has 0 radical (unpaired) electrons. The van der Waals surface area contributed by atoms with E-state index in [-0.39, 0.29) is 6.17 Å². The smallest absolute Gasteiger partial charge is 0.135 e. The first-order chi connectivity index (χ1) is 8.22. The van der Waals surface area contributed by atoms with Crippen molar-refractivity contribution in [3.63, 3.8) is 0 Å². The molecule has 1 heterocycles. The van der Waals surface area contributed by atoms with Crippen LogP contribution in [0.1, 0.15) is 33.1 Å². The van der Waals surface area contributed by atoms with Crippen molar-refractivity contribution in [3.8, 4) is 0 Å². The molecular weight excluding hydrogens is 214 g/mol. The number of hydrogen-bond acceptors (Lipinski definition) is 4. The Bertz CT molecular complexity index is 255. The van der Waals surface area contributed by atoms with E-state index in [0.29, 0.717) is 12.6 Å². The second-order valence-electron chi connectivity index (χ2n) is 4.59. The zero-order valence-electron chi connectivity index (χ0n) is 11.2.